The Bertz CT molecular complexity index is 793. The molecule has 130 valence electrons. The van der Waals surface area contributed by atoms with Gasteiger partial charge in [0.05, 0.1) is 0 Å². The molecular formula is C20H20F2N2O. The van der Waals surface area contributed by atoms with Crippen molar-refractivity contribution in [2.24, 2.45) is 0 Å². The molecule has 1 fully saturated rings. The first kappa shape index (κ1) is 16.2. The van der Waals surface area contributed by atoms with Crippen LogP contribution >= 0.6 is 0 Å². The van der Waals surface area contributed by atoms with Crippen molar-refractivity contribution in [3.63, 3.8) is 0 Å². The number of fused-ring (bicyclic) bond motifs is 2. The highest BCUT2D eigenvalue weighted by atomic mass is 19.3. The zero-order valence-corrected chi connectivity index (χ0v) is 13.9. The second-order valence-electron chi connectivity index (χ2n) is 6.74. The Morgan fingerprint density at radius 1 is 1.12 bits per heavy atom. The summed E-state index contributed by atoms with van der Waals surface area (Å²) in [5, 5.41) is 0. The number of halogens is 2. The largest absolute Gasteiger partial charge is 0.306 e. The molecule has 0 spiro atoms. The van der Waals surface area contributed by atoms with Gasteiger partial charge < -0.3 is 4.90 Å². The van der Waals surface area contributed by atoms with E-state index in [9.17, 15) is 13.6 Å². The number of rotatable bonds is 2. The summed E-state index contributed by atoms with van der Waals surface area (Å²) in [6.07, 6.45) is -0.376. The predicted octanol–water partition coefficient (Wildman–Crippen LogP) is 4.25. The number of carbonyl (C=O) groups excluding carboxylic acids is 1. The normalized spacial score (nSPS) is 20.3. The number of benzene rings is 2. The Kier molecular flexibility index (Phi) is 4.25. The van der Waals surface area contributed by atoms with E-state index >= 15 is 0 Å². The van der Waals surface area contributed by atoms with Crippen molar-refractivity contribution < 1.29 is 13.6 Å². The third-order valence-electron chi connectivity index (χ3n) is 5.18. The highest BCUT2D eigenvalue weighted by Gasteiger charge is 2.33. The summed E-state index contributed by atoms with van der Waals surface area (Å²) in [5.74, 6) is -0.205. The van der Waals surface area contributed by atoms with Crippen LogP contribution in [0, 0.1) is 0 Å². The highest BCUT2D eigenvalue weighted by molar-refractivity contribution is 6.06. The van der Waals surface area contributed by atoms with Crippen molar-refractivity contribution in [2.45, 2.75) is 31.9 Å². The van der Waals surface area contributed by atoms with Crippen LogP contribution in [0.25, 0.3) is 0 Å². The number of anilines is 1. The van der Waals surface area contributed by atoms with Gasteiger partial charge in [-0.15, -0.1) is 0 Å². The van der Waals surface area contributed by atoms with Crippen LogP contribution in [-0.2, 0) is 6.54 Å². The van der Waals surface area contributed by atoms with E-state index in [1.807, 2.05) is 24.3 Å². The van der Waals surface area contributed by atoms with Crippen molar-refractivity contribution in [3.05, 3.63) is 65.2 Å². The van der Waals surface area contributed by atoms with Gasteiger partial charge in [0.1, 0.15) is 0 Å². The Morgan fingerprint density at radius 3 is 2.80 bits per heavy atom. The second-order valence-corrected chi connectivity index (χ2v) is 6.74. The maximum absolute atomic E-state index is 13.1. The predicted molar refractivity (Wildman–Crippen MR) is 92.9 cm³/mol. The van der Waals surface area contributed by atoms with Gasteiger partial charge in [-0.05, 0) is 43.1 Å². The van der Waals surface area contributed by atoms with Crippen molar-refractivity contribution in [2.75, 3.05) is 18.0 Å². The standard InChI is InChI=1S/C20H20F2N2O/c21-19(22)14-6-3-7-15(11-14)20(25)24-13-17-8-4-10-23(17)12-16-5-1-2-9-18(16)24/h1-3,5-7,9,11,17,19H,4,8,10,12-13H2. The van der Waals surface area contributed by atoms with E-state index < -0.39 is 6.43 Å². The molecule has 1 unspecified atom stereocenters. The van der Waals surface area contributed by atoms with Gasteiger partial charge in [0.25, 0.3) is 12.3 Å². The van der Waals surface area contributed by atoms with E-state index in [1.165, 1.54) is 18.2 Å². The van der Waals surface area contributed by atoms with Crippen molar-refractivity contribution in [3.8, 4) is 0 Å². The minimum Gasteiger partial charge on any atom is -0.306 e. The summed E-state index contributed by atoms with van der Waals surface area (Å²) < 4.78 is 26.0. The molecule has 1 saturated heterocycles. The van der Waals surface area contributed by atoms with Crippen LogP contribution in [0.15, 0.2) is 48.5 Å². The number of hydrogen-bond donors (Lipinski definition) is 0. The van der Waals surface area contributed by atoms with Gasteiger partial charge >= 0.3 is 0 Å². The van der Waals surface area contributed by atoms with Crippen molar-refractivity contribution in [1.82, 2.24) is 4.90 Å². The van der Waals surface area contributed by atoms with E-state index in [0.717, 1.165) is 37.2 Å². The fourth-order valence-electron chi connectivity index (χ4n) is 3.90. The molecule has 1 amide bonds. The van der Waals surface area contributed by atoms with Gasteiger partial charge in [-0.3, -0.25) is 9.69 Å². The molecule has 3 nitrogen and oxygen atoms in total. The quantitative estimate of drug-likeness (QED) is 0.815. The summed E-state index contributed by atoms with van der Waals surface area (Å²) >= 11 is 0. The fraction of sp³-hybridized carbons (Fsp3) is 0.350. The van der Waals surface area contributed by atoms with E-state index in [4.69, 9.17) is 0 Å². The number of nitrogens with zero attached hydrogens (tertiary/aromatic N) is 2. The molecule has 2 aliphatic heterocycles. The summed E-state index contributed by atoms with van der Waals surface area (Å²) in [7, 11) is 0. The first-order chi connectivity index (χ1) is 12.1. The molecule has 5 heteroatoms. The van der Waals surface area contributed by atoms with Gasteiger partial charge in [-0.1, -0.05) is 30.3 Å². The Morgan fingerprint density at radius 2 is 1.96 bits per heavy atom. The minimum atomic E-state index is -2.57. The molecule has 0 radical (unpaired) electrons. The molecule has 2 aromatic rings. The van der Waals surface area contributed by atoms with Crippen LogP contribution in [0.2, 0.25) is 0 Å². The fourth-order valence-corrected chi connectivity index (χ4v) is 3.90. The van der Waals surface area contributed by atoms with Crippen LogP contribution in [0.1, 0.15) is 40.8 Å². The molecular weight excluding hydrogens is 322 g/mol. The molecule has 4 rings (SSSR count). The van der Waals surface area contributed by atoms with E-state index in [1.54, 1.807) is 11.0 Å². The summed E-state index contributed by atoms with van der Waals surface area (Å²) in [6.45, 7) is 2.48. The first-order valence-corrected chi connectivity index (χ1v) is 8.65. The SMILES string of the molecule is O=C(c1cccc(C(F)F)c1)N1CC2CCCN2Cc2ccccc21. The zero-order valence-electron chi connectivity index (χ0n) is 13.9. The zero-order chi connectivity index (χ0) is 17.4. The molecule has 1 atom stereocenters. The maximum Gasteiger partial charge on any atom is 0.263 e. The number of para-hydroxylation sites is 1. The number of hydrogen-bond acceptors (Lipinski definition) is 2. The average Bonchev–Trinajstić information content (AvgIpc) is 3.00. The van der Waals surface area contributed by atoms with Crippen LogP contribution < -0.4 is 4.90 Å². The van der Waals surface area contributed by atoms with Crippen LogP contribution in [0.4, 0.5) is 14.5 Å². The maximum atomic E-state index is 13.1. The molecule has 0 N–H and O–H groups in total. The second kappa shape index (κ2) is 6.56. The Hall–Kier alpha value is -2.27. The lowest BCUT2D eigenvalue weighted by atomic mass is 10.1. The number of amides is 1. The molecule has 25 heavy (non-hydrogen) atoms. The molecule has 2 aliphatic rings. The van der Waals surface area contributed by atoms with Gasteiger partial charge in [0.2, 0.25) is 0 Å². The lowest BCUT2D eigenvalue weighted by molar-refractivity contribution is 0.0980. The van der Waals surface area contributed by atoms with Crippen LogP contribution in [0.3, 0.4) is 0 Å². The van der Waals surface area contributed by atoms with E-state index in [2.05, 4.69) is 4.90 Å². The summed E-state index contributed by atoms with van der Waals surface area (Å²) in [6, 6.07) is 14.0. The van der Waals surface area contributed by atoms with Gasteiger partial charge in [0.15, 0.2) is 0 Å². The summed E-state index contributed by atoms with van der Waals surface area (Å²) in [4.78, 5) is 17.3. The molecule has 0 saturated carbocycles. The Labute approximate surface area is 145 Å². The monoisotopic (exact) mass is 342 g/mol. The van der Waals surface area contributed by atoms with E-state index in [-0.39, 0.29) is 11.5 Å². The van der Waals surface area contributed by atoms with Gasteiger partial charge in [-0.25, -0.2) is 8.78 Å². The molecule has 0 aliphatic carbocycles. The lowest BCUT2D eigenvalue weighted by Crippen LogP contribution is -2.40. The van der Waals surface area contributed by atoms with Gasteiger partial charge in [-0.2, -0.15) is 0 Å². The first-order valence-electron chi connectivity index (χ1n) is 8.65. The van der Waals surface area contributed by atoms with E-state index in [0.29, 0.717) is 18.2 Å². The van der Waals surface area contributed by atoms with Crippen LogP contribution in [0.5, 0.6) is 0 Å². The number of carbonyl (C=O) groups is 1. The smallest absolute Gasteiger partial charge is 0.263 e. The average molecular weight is 342 g/mol. The minimum absolute atomic E-state index is 0.114. The third-order valence-corrected chi connectivity index (χ3v) is 5.18. The third kappa shape index (κ3) is 3.04. The summed E-state index contributed by atoms with van der Waals surface area (Å²) in [5.41, 5.74) is 2.21. The van der Waals surface area contributed by atoms with Crippen molar-refractivity contribution >= 4 is 11.6 Å². The van der Waals surface area contributed by atoms with Gasteiger partial charge in [0, 0.05) is 35.9 Å². The molecule has 2 aromatic carbocycles. The highest BCUT2D eigenvalue weighted by Crippen LogP contribution is 2.32. The number of alkyl halides is 2. The Balaban J connectivity index is 1.72. The topological polar surface area (TPSA) is 23.6 Å². The van der Waals surface area contributed by atoms with Crippen LogP contribution in [-0.4, -0.2) is 29.9 Å². The van der Waals surface area contributed by atoms with Crippen molar-refractivity contribution in [1.29, 1.82) is 0 Å². The molecule has 0 aromatic heterocycles. The lowest BCUT2D eigenvalue weighted by Gasteiger charge is -2.26. The molecule has 0 bridgehead atoms. The molecule has 2 heterocycles.